The standard InChI is InChI=1S/C10H11Br2NO2/c1-15-5-4-13-10(14)8-6-7(11)2-3-9(8)12/h2-3,6H,4-5H2,1H3,(H,13,14). The Balaban J connectivity index is 2.68. The summed E-state index contributed by atoms with van der Waals surface area (Å²) in [5.41, 5.74) is 0.612. The third-order valence-corrected chi connectivity index (χ3v) is 2.95. The molecule has 1 amide bonds. The Labute approximate surface area is 105 Å². The van der Waals surface area contributed by atoms with Crippen LogP contribution in [0.2, 0.25) is 0 Å². The molecule has 15 heavy (non-hydrogen) atoms. The molecule has 0 aliphatic rings. The largest absolute Gasteiger partial charge is 0.383 e. The second-order valence-electron chi connectivity index (χ2n) is 2.87. The van der Waals surface area contributed by atoms with Crippen LogP contribution in [0.3, 0.4) is 0 Å². The summed E-state index contributed by atoms with van der Waals surface area (Å²) in [6, 6.07) is 5.47. The maximum atomic E-state index is 11.7. The fourth-order valence-corrected chi connectivity index (χ4v) is 1.82. The lowest BCUT2D eigenvalue weighted by molar-refractivity contribution is 0.0936. The van der Waals surface area contributed by atoms with E-state index in [9.17, 15) is 4.79 Å². The Hall–Kier alpha value is -0.390. The van der Waals surface area contributed by atoms with E-state index in [-0.39, 0.29) is 5.91 Å². The molecule has 1 aromatic rings. The minimum Gasteiger partial charge on any atom is -0.383 e. The van der Waals surface area contributed by atoms with Crippen LogP contribution in [-0.4, -0.2) is 26.2 Å². The molecule has 0 aromatic heterocycles. The van der Waals surface area contributed by atoms with E-state index in [1.165, 1.54) is 0 Å². The number of ether oxygens (including phenoxy) is 1. The number of carbonyl (C=O) groups excluding carboxylic acids is 1. The van der Waals surface area contributed by atoms with E-state index < -0.39 is 0 Å². The predicted molar refractivity (Wildman–Crippen MR) is 66.1 cm³/mol. The monoisotopic (exact) mass is 335 g/mol. The molecule has 1 rings (SSSR count). The summed E-state index contributed by atoms with van der Waals surface area (Å²) in [4.78, 5) is 11.7. The molecule has 0 fully saturated rings. The summed E-state index contributed by atoms with van der Waals surface area (Å²) in [6.45, 7) is 1.02. The highest BCUT2D eigenvalue weighted by atomic mass is 79.9. The summed E-state index contributed by atoms with van der Waals surface area (Å²) in [6.07, 6.45) is 0. The van der Waals surface area contributed by atoms with Crippen molar-refractivity contribution in [2.75, 3.05) is 20.3 Å². The quantitative estimate of drug-likeness (QED) is 0.858. The molecule has 82 valence electrons. The highest BCUT2D eigenvalue weighted by Gasteiger charge is 2.09. The van der Waals surface area contributed by atoms with E-state index in [0.717, 1.165) is 8.95 Å². The van der Waals surface area contributed by atoms with E-state index in [4.69, 9.17) is 4.74 Å². The van der Waals surface area contributed by atoms with Gasteiger partial charge in [-0.05, 0) is 34.1 Å². The van der Waals surface area contributed by atoms with Gasteiger partial charge in [0.15, 0.2) is 0 Å². The molecule has 5 heteroatoms. The van der Waals surface area contributed by atoms with Gasteiger partial charge in [0.05, 0.1) is 12.2 Å². The van der Waals surface area contributed by atoms with E-state index in [0.29, 0.717) is 18.7 Å². The first-order valence-corrected chi connectivity index (χ1v) is 5.96. The van der Waals surface area contributed by atoms with Crippen LogP contribution in [0.5, 0.6) is 0 Å². The van der Waals surface area contributed by atoms with Crippen LogP contribution in [0, 0.1) is 0 Å². The zero-order chi connectivity index (χ0) is 11.3. The van der Waals surface area contributed by atoms with Crippen molar-refractivity contribution in [1.29, 1.82) is 0 Å². The molecule has 0 aliphatic carbocycles. The van der Waals surface area contributed by atoms with Crippen LogP contribution in [0.1, 0.15) is 10.4 Å². The number of rotatable bonds is 4. The van der Waals surface area contributed by atoms with Crippen LogP contribution < -0.4 is 5.32 Å². The normalized spacial score (nSPS) is 10.1. The average Bonchev–Trinajstić information content (AvgIpc) is 2.22. The molecule has 0 unspecified atom stereocenters. The number of carbonyl (C=O) groups is 1. The Morgan fingerprint density at radius 3 is 2.87 bits per heavy atom. The van der Waals surface area contributed by atoms with Crippen molar-refractivity contribution in [3.63, 3.8) is 0 Å². The van der Waals surface area contributed by atoms with Gasteiger partial charge >= 0.3 is 0 Å². The Kier molecular flexibility index (Phi) is 5.28. The zero-order valence-electron chi connectivity index (χ0n) is 8.22. The van der Waals surface area contributed by atoms with Crippen molar-refractivity contribution in [2.24, 2.45) is 0 Å². The molecule has 1 aromatic carbocycles. The van der Waals surface area contributed by atoms with Crippen molar-refractivity contribution >= 4 is 37.8 Å². The number of methoxy groups -OCH3 is 1. The third-order valence-electron chi connectivity index (χ3n) is 1.76. The topological polar surface area (TPSA) is 38.3 Å². The maximum Gasteiger partial charge on any atom is 0.252 e. The molecule has 3 nitrogen and oxygen atoms in total. The molecule has 0 atom stereocenters. The Bertz CT molecular complexity index is 355. The van der Waals surface area contributed by atoms with Crippen LogP contribution in [0.4, 0.5) is 0 Å². The van der Waals surface area contributed by atoms with Crippen LogP contribution in [0.15, 0.2) is 27.1 Å². The van der Waals surface area contributed by atoms with Gasteiger partial charge in [-0.2, -0.15) is 0 Å². The zero-order valence-corrected chi connectivity index (χ0v) is 11.4. The molecule has 0 bridgehead atoms. The van der Waals surface area contributed by atoms with Crippen molar-refractivity contribution < 1.29 is 9.53 Å². The van der Waals surface area contributed by atoms with Gasteiger partial charge in [0.25, 0.3) is 5.91 Å². The van der Waals surface area contributed by atoms with E-state index >= 15 is 0 Å². The minimum atomic E-state index is -0.111. The fraction of sp³-hybridized carbons (Fsp3) is 0.300. The number of nitrogens with one attached hydrogen (secondary N) is 1. The molecule has 0 radical (unpaired) electrons. The Morgan fingerprint density at radius 1 is 1.47 bits per heavy atom. The van der Waals surface area contributed by atoms with Gasteiger partial charge in [0.1, 0.15) is 0 Å². The van der Waals surface area contributed by atoms with Gasteiger partial charge in [-0.25, -0.2) is 0 Å². The minimum absolute atomic E-state index is 0.111. The van der Waals surface area contributed by atoms with Gasteiger partial charge in [0.2, 0.25) is 0 Å². The third kappa shape index (κ3) is 3.93. The van der Waals surface area contributed by atoms with Gasteiger partial charge in [-0.3, -0.25) is 4.79 Å². The lowest BCUT2D eigenvalue weighted by Gasteiger charge is -2.06. The van der Waals surface area contributed by atoms with Gasteiger partial charge in [-0.15, -0.1) is 0 Å². The average molecular weight is 337 g/mol. The molecular formula is C10H11Br2NO2. The van der Waals surface area contributed by atoms with Crippen LogP contribution in [-0.2, 0) is 4.74 Å². The second kappa shape index (κ2) is 6.25. The first kappa shape index (κ1) is 12.7. The van der Waals surface area contributed by atoms with E-state index in [2.05, 4.69) is 37.2 Å². The number of halogens is 2. The number of amides is 1. The summed E-state index contributed by atoms with van der Waals surface area (Å²) >= 11 is 6.65. The van der Waals surface area contributed by atoms with Crippen molar-refractivity contribution in [2.45, 2.75) is 0 Å². The van der Waals surface area contributed by atoms with E-state index in [1.807, 2.05) is 12.1 Å². The number of benzene rings is 1. The first-order chi connectivity index (χ1) is 7.15. The molecular weight excluding hydrogens is 326 g/mol. The van der Waals surface area contributed by atoms with Crippen molar-refractivity contribution in [3.05, 3.63) is 32.7 Å². The lowest BCUT2D eigenvalue weighted by atomic mass is 10.2. The fourth-order valence-electron chi connectivity index (χ4n) is 1.03. The molecule has 0 saturated heterocycles. The van der Waals surface area contributed by atoms with Crippen molar-refractivity contribution in [3.8, 4) is 0 Å². The smallest absolute Gasteiger partial charge is 0.252 e. The highest BCUT2D eigenvalue weighted by Crippen LogP contribution is 2.21. The summed E-state index contributed by atoms with van der Waals surface area (Å²) in [5.74, 6) is -0.111. The lowest BCUT2D eigenvalue weighted by Crippen LogP contribution is -2.27. The van der Waals surface area contributed by atoms with Crippen molar-refractivity contribution in [1.82, 2.24) is 5.32 Å². The molecule has 0 saturated carbocycles. The maximum absolute atomic E-state index is 11.7. The SMILES string of the molecule is COCCNC(=O)c1cc(Br)ccc1Br. The number of hydrogen-bond donors (Lipinski definition) is 1. The van der Waals surface area contributed by atoms with Gasteiger partial charge in [0, 0.05) is 22.6 Å². The van der Waals surface area contributed by atoms with Crippen LogP contribution >= 0.6 is 31.9 Å². The highest BCUT2D eigenvalue weighted by molar-refractivity contribution is 9.11. The molecule has 0 spiro atoms. The Morgan fingerprint density at radius 2 is 2.20 bits per heavy atom. The summed E-state index contributed by atoms with van der Waals surface area (Å²) in [7, 11) is 1.60. The second-order valence-corrected chi connectivity index (χ2v) is 4.64. The molecule has 0 heterocycles. The van der Waals surface area contributed by atoms with Crippen LogP contribution in [0.25, 0.3) is 0 Å². The molecule has 1 N–H and O–H groups in total. The first-order valence-electron chi connectivity index (χ1n) is 4.37. The van der Waals surface area contributed by atoms with Gasteiger partial charge in [-0.1, -0.05) is 15.9 Å². The summed E-state index contributed by atoms with van der Waals surface area (Å²) in [5, 5.41) is 2.75. The molecule has 0 aliphatic heterocycles. The summed E-state index contributed by atoms with van der Waals surface area (Å²) < 4.78 is 6.50. The number of hydrogen-bond acceptors (Lipinski definition) is 2. The van der Waals surface area contributed by atoms with Gasteiger partial charge < -0.3 is 10.1 Å². The predicted octanol–water partition coefficient (Wildman–Crippen LogP) is 2.59. The van der Waals surface area contributed by atoms with E-state index in [1.54, 1.807) is 13.2 Å².